The number of urea groups is 1. The number of aliphatic hydroxyl groups excluding tert-OH is 1. The number of aliphatic hydroxyl groups is 1. The van der Waals surface area contributed by atoms with Crippen LogP contribution < -0.4 is 10.1 Å². The van der Waals surface area contributed by atoms with Crippen molar-refractivity contribution in [3.8, 4) is 5.75 Å². The summed E-state index contributed by atoms with van der Waals surface area (Å²) in [5.74, 6) is 0.188. The van der Waals surface area contributed by atoms with Crippen molar-refractivity contribution in [2.45, 2.75) is 12.3 Å². The standard InChI is InChI=1S/C14H15F3N4O3S/c1-21(13(23)19-12-20-18-8-25-12)6-10(22)7-24-11-4-2-9(3-5-11)14(15,16)17/h2-5,8,10,22H,6-7H2,1H3,(H,19,20,23)/t10-/m0/s1. The van der Waals surface area contributed by atoms with Gasteiger partial charge in [-0.3, -0.25) is 5.32 Å². The van der Waals surface area contributed by atoms with Gasteiger partial charge in [0.2, 0.25) is 5.13 Å². The first-order valence-corrected chi connectivity index (χ1v) is 7.90. The number of hydrogen-bond donors (Lipinski definition) is 2. The maximum Gasteiger partial charge on any atom is 0.416 e. The van der Waals surface area contributed by atoms with Gasteiger partial charge < -0.3 is 14.7 Å². The van der Waals surface area contributed by atoms with Gasteiger partial charge in [-0.15, -0.1) is 10.2 Å². The van der Waals surface area contributed by atoms with Gasteiger partial charge in [-0.25, -0.2) is 4.79 Å². The average molecular weight is 376 g/mol. The lowest BCUT2D eigenvalue weighted by Crippen LogP contribution is -2.39. The smallest absolute Gasteiger partial charge is 0.416 e. The Morgan fingerprint density at radius 1 is 1.40 bits per heavy atom. The molecule has 11 heteroatoms. The van der Waals surface area contributed by atoms with Gasteiger partial charge in [0.15, 0.2) is 0 Å². The fraction of sp³-hybridized carbons (Fsp3) is 0.357. The number of likely N-dealkylation sites (N-methyl/N-ethyl adjacent to an activating group) is 1. The number of benzene rings is 1. The molecule has 0 spiro atoms. The monoisotopic (exact) mass is 376 g/mol. The van der Waals surface area contributed by atoms with Gasteiger partial charge in [0.05, 0.1) is 12.1 Å². The van der Waals surface area contributed by atoms with Crippen LogP contribution in [0.1, 0.15) is 5.56 Å². The molecule has 0 aliphatic rings. The van der Waals surface area contributed by atoms with Gasteiger partial charge in [-0.2, -0.15) is 13.2 Å². The van der Waals surface area contributed by atoms with E-state index in [1.807, 2.05) is 0 Å². The van der Waals surface area contributed by atoms with Gasteiger partial charge in [0.1, 0.15) is 24.0 Å². The third-order valence-corrected chi connectivity index (χ3v) is 3.64. The highest BCUT2D eigenvalue weighted by molar-refractivity contribution is 7.13. The number of anilines is 1. The van der Waals surface area contributed by atoms with Crippen LogP contribution in [0.2, 0.25) is 0 Å². The maximum absolute atomic E-state index is 12.5. The summed E-state index contributed by atoms with van der Waals surface area (Å²) in [5.41, 5.74) is 0.677. The molecule has 1 aromatic heterocycles. The zero-order chi connectivity index (χ0) is 18.4. The summed E-state index contributed by atoms with van der Waals surface area (Å²) in [5, 5.41) is 19.9. The van der Waals surface area contributed by atoms with Crippen molar-refractivity contribution >= 4 is 22.5 Å². The van der Waals surface area contributed by atoms with Crippen LogP contribution in [-0.4, -0.2) is 52.5 Å². The van der Waals surface area contributed by atoms with Crippen molar-refractivity contribution in [3.63, 3.8) is 0 Å². The number of amides is 2. The molecule has 136 valence electrons. The highest BCUT2D eigenvalue weighted by Crippen LogP contribution is 2.30. The summed E-state index contributed by atoms with van der Waals surface area (Å²) < 4.78 is 42.6. The zero-order valence-corrected chi connectivity index (χ0v) is 13.8. The number of carbonyl (C=O) groups excluding carboxylic acids is 1. The van der Waals surface area contributed by atoms with E-state index in [2.05, 4.69) is 15.5 Å². The highest BCUT2D eigenvalue weighted by Gasteiger charge is 2.30. The fourth-order valence-electron chi connectivity index (χ4n) is 1.80. The lowest BCUT2D eigenvalue weighted by Gasteiger charge is -2.20. The van der Waals surface area contributed by atoms with Crippen molar-refractivity contribution in [1.82, 2.24) is 15.1 Å². The number of rotatable bonds is 6. The Morgan fingerprint density at radius 3 is 2.64 bits per heavy atom. The van der Waals surface area contributed by atoms with Crippen LogP contribution in [0.15, 0.2) is 29.8 Å². The van der Waals surface area contributed by atoms with Crippen molar-refractivity contribution in [3.05, 3.63) is 35.3 Å². The topological polar surface area (TPSA) is 87.6 Å². The first-order chi connectivity index (χ1) is 11.8. The molecular formula is C14H15F3N4O3S. The van der Waals surface area contributed by atoms with Crippen LogP contribution >= 0.6 is 11.3 Å². The van der Waals surface area contributed by atoms with Crippen LogP contribution in [0.25, 0.3) is 0 Å². The number of halogens is 3. The number of carbonyl (C=O) groups is 1. The Hall–Kier alpha value is -2.40. The molecule has 0 saturated carbocycles. The predicted octanol–water partition coefficient (Wildman–Crippen LogP) is 2.46. The third-order valence-electron chi connectivity index (χ3n) is 3.03. The molecule has 2 aromatic rings. The first-order valence-electron chi connectivity index (χ1n) is 7.02. The molecule has 2 amide bonds. The minimum Gasteiger partial charge on any atom is -0.491 e. The molecule has 25 heavy (non-hydrogen) atoms. The van der Waals surface area contributed by atoms with Crippen LogP contribution in [0.4, 0.5) is 23.1 Å². The molecular weight excluding hydrogens is 361 g/mol. The number of alkyl halides is 3. The molecule has 0 unspecified atom stereocenters. The van der Waals surface area contributed by atoms with Crippen LogP contribution in [-0.2, 0) is 6.18 Å². The molecule has 1 heterocycles. The Labute approximate surface area is 145 Å². The van der Waals surface area contributed by atoms with E-state index in [0.717, 1.165) is 23.5 Å². The first kappa shape index (κ1) is 18.9. The summed E-state index contributed by atoms with van der Waals surface area (Å²) in [6, 6.07) is 3.64. The van der Waals surface area contributed by atoms with Crippen molar-refractivity contribution < 1.29 is 27.8 Å². The molecule has 0 bridgehead atoms. The number of ether oxygens (including phenoxy) is 1. The summed E-state index contributed by atoms with van der Waals surface area (Å²) in [7, 11) is 1.47. The summed E-state index contributed by atoms with van der Waals surface area (Å²) in [6.45, 7) is -0.215. The molecule has 1 atom stereocenters. The van der Waals surface area contributed by atoms with E-state index in [9.17, 15) is 23.1 Å². The number of nitrogens with one attached hydrogen (secondary N) is 1. The van der Waals surface area contributed by atoms with E-state index < -0.39 is 23.9 Å². The summed E-state index contributed by atoms with van der Waals surface area (Å²) in [4.78, 5) is 13.1. The number of aromatic nitrogens is 2. The van der Waals surface area contributed by atoms with E-state index in [1.54, 1.807) is 0 Å². The summed E-state index contributed by atoms with van der Waals surface area (Å²) >= 11 is 1.15. The largest absolute Gasteiger partial charge is 0.491 e. The van der Waals surface area contributed by atoms with Crippen LogP contribution in [0.3, 0.4) is 0 Å². The molecule has 2 rings (SSSR count). The molecule has 2 N–H and O–H groups in total. The Bertz CT molecular complexity index is 680. The van der Waals surface area contributed by atoms with E-state index in [4.69, 9.17) is 4.74 Å². The van der Waals surface area contributed by atoms with Crippen LogP contribution in [0.5, 0.6) is 5.75 Å². The minimum absolute atomic E-state index is 0.0364. The Morgan fingerprint density at radius 2 is 2.08 bits per heavy atom. The molecule has 0 radical (unpaired) electrons. The minimum atomic E-state index is -4.42. The van der Waals surface area contributed by atoms with Crippen molar-refractivity contribution in [2.24, 2.45) is 0 Å². The lowest BCUT2D eigenvalue weighted by molar-refractivity contribution is -0.137. The third kappa shape index (κ3) is 5.87. The van der Waals surface area contributed by atoms with E-state index in [-0.39, 0.29) is 18.9 Å². The molecule has 0 aliphatic carbocycles. The highest BCUT2D eigenvalue weighted by atomic mass is 32.1. The van der Waals surface area contributed by atoms with Gasteiger partial charge >= 0.3 is 12.2 Å². The quantitative estimate of drug-likeness (QED) is 0.809. The van der Waals surface area contributed by atoms with Crippen LogP contribution in [0, 0.1) is 0 Å². The number of hydrogen-bond acceptors (Lipinski definition) is 6. The molecule has 0 fully saturated rings. The SMILES string of the molecule is CN(C[C@H](O)COc1ccc(C(F)(F)F)cc1)C(=O)Nc1nncs1. The van der Waals surface area contributed by atoms with Gasteiger partial charge in [0, 0.05) is 7.05 Å². The number of nitrogens with zero attached hydrogens (tertiary/aromatic N) is 3. The van der Waals surface area contributed by atoms with E-state index in [0.29, 0.717) is 5.13 Å². The second-order valence-corrected chi connectivity index (χ2v) is 5.87. The maximum atomic E-state index is 12.5. The van der Waals surface area contributed by atoms with Crippen molar-refractivity contribution in [1.29, 1.82) is 0 Å². The molecule has 7 nitrogen and oxygen atoms in total. The van der Waals surface area contributed by atoms with Gasteiger partial charge in [-0.1, -0.05) is 11.3 Å². The zero-order valence-electron chi connectivity index (χ0n) is 13.0. The van der Waals surface area contributed by atoms with Gasteiger partial charge in [-0.05, 0) is 24.3 Å². The Balaban J connectivity index is 1.78. The lowest BCUT2D eigenvalue weighted by atomic mass is 10.2. The molecule has 0 aliphatic heterocycles. The fourth-order valence-corrected chi connectivity index (χ4v) is 2.23. The molecule has 1 aromatic carbocycles. The van der Waals surface area contributed by atoms with E-state index >= 15 is 0 Å². The Kier molecular flexibility index (Phi) is 6.15. The normalized spacial score (nSPS) is 12.5. The van der Waals surface area contributed by atoms with Crippen molar-refractivity contribution in [2.75, 3.05) is 25.5 Å². The average Bonchev–Trinajstić information content (AvgIpc) is 3.05. The van der Waals surface area contributed by atoms with Gasteiger partial charge in [0.25, 0.3) is 0 Å². The summed E-state index contributed by atoms with van der Waals surface area (Å²) in [6.07, 6.45) is -5.44. The van der Waals surface area contributed by atoms with E-state index in [1.165, 1.54) is 29.6 Å². The second kappa shape index (κ2) is 8.12. The predicted molar refractivity (Wildman–Crippen MR) is 84.5 cm³/mol. The second-order valence-electron chi connectivity index (χ2n) is 5.04. The molecule has 0 saturated heterocycles.